The quantitative estimate of drug-likeness (QED) is 0.500. The number of hydrogen-bond donors (Lipinski definition) is 1. The molecule has 0 radical (unpaired) electrons. The Balaban J connectivity index is 1.38. The lowest BCUT2D eigenvalue weighted by molar-refractivity contribution is 0.0668. The first kappa shape index (κ1) is 21.8. The molecule has 34 heavy (non-hydrogen) atoms. The van der Waals surface area contributed by atoms with Gasteiger partial charge in [-0.1, -0.05) is 31.2 Å². The van der Waals surface area contributed by atoms with E-state index in [1.807, 2.05) is 53.4 Å². The topological polar surface area (TPSA) is 100 Å². The van der Waals surface area contributed by atoms with Crippen molar-refractivity contribution < 1.29 is 4.79 Å². The van der Waals surface area contributed by atoms with Crippen LogP contribution in [0.2, 0.25) is 0 Å². The summed E-state index contributed by atoms with van der Waals surface area (Å²) in [4.78, 5) is 19.3. The Morgan fingerprint density at radius 3 is 2.35 bits per heavy atom. The molecule has 7 heteroatoms. The van der Waals surface area contributed by atoms with Gasteiger partial charge in [-0.2, -0.15) is 10.4 Å². The van der Waals surface area contributed by atoms with E-state index in [-0.39, 0.29) is 11.4 Å². The zero-order valence-electron chi connectivity index (χ0n) is 19.1. The number of carbonyl (C=O) groups is 1. The van der Waals surface area contributed by atoms with Crippen LogP contribution in [0.1, 0.15) is 42.1 Å². The molecule has 3 heterocycles. The molecule has 7 nitrogen and oxygen atoms in total. The lowest BCUT2D eigenvalue weighted by Crippen LogP contribution is -2.51. The summed E-state index contributed by atoms with van der Waals surface area (Å²) in [5.74, 6) is 0.0471. The summed E-state index contributed by atoms with van der Waals surface area (Å²) in [6.45, 7) is 3.50. The van der Waals surface area contributed by atoms with Crippen molar-refractivity contribution in [1.82, 2.24) is 19.5 Å². The van der Waals surface area contributed by atoms with Crippen LogP contribution < -0.4 is 5.73 Å². The standard InChI is InChI=1S/C27H26N6O/c1-2-27(29)13-15-32(16-14-27)26(34)22-9-7-20(8-10-22)23-11-12-25-30-18-24(33(25)31-23)21-5-3-19(17-28)4-6-21/h3-12,18H,2,13-16,29H2,1H3. The SMILES string of the molecule is CCC1(N)CCN(C(=O)c2ccc(-c3ccc4ncc(-c5ccc(C#N)cc5)n4n3)cc2)CC1. The van der Waals surface area contributed by atoms with Crippen molar-refractivity contribution in [3.63, 3.8) is 0 Å². The van der Waals surface area contributed by atoms with Crippen LogP contribution in [0.15, 0.2) is 66.9 Å². The first-order valence-electron chi connectivity index (χ1n) is 11.5. The fourth-order valence-electron chi connectivity index (χ4n) is 4.41. The summed E-state index contributed by atoms with van der Waals surface area (Å²) in [7, 11) is 0. The van der Waals surface area contributed by atoms with E-state index < -0.39 is 0 Å². The van der Waals surface area contributed by atoms with Crippen molar-refractivity contribution in [2.24, 2.45) is 5.73 Å². The minimum Gasteiger partial charge on any atom is -0.339 e. The maximum atomic E-state index is 13.0. The number of amides is 1. The number of rotatable bonds is 4. The van der Waals surface area contributed by atoms with E-state index in [4.69, 9.17) is 16.1 Å². The Morgan fingerprint density at radius 2 is 1.71 bits per heavy atom. The highest BCUT2D eigenvalue weighted by molar-refractivity contribution is 5.94. The number of nitriles is 1. The zero-order valence-corrected chi connectivity index (χ0v) is 19.1. The van der Waals surface area contributed by atoms with Crippen molar-refractivity contribution in [3.05, 3.63) is 78.0 Å². The zero-order chi connectivity index (χ0) is 23.7. The Hall–Kier alpha value is -4.02. The van der Waals surface area contributed by atoms with E-state index in [1.165, 1.54) is 0 Å². The largest absolute Gasteiger partial charge is 0.339 e. The third-order valence-electron chi connectivity index (χ3n) is 6.85. The van der Waals surface area contributed by atoms with Crippen molar-refractivity contribution in [2.45, 2.75) is 31.7 Å². The summed E-state index contributed by atoms with van der Waals surface area (Å²) < 4.78 is 1.80. The minimum atomic E-state index is -0.144. The van der Waals surface area contributed by atoms with E-state index in [0.29, 0.717) is 24.2 Å². The molecule has 0 bridgehead atoms. The number of likely N-dealkylation sites (tertiary alicyclic amines) is 1. The number of fused-ring (bicyclic) bond motifs is 1. The maximum Gasteiger partial charge on any atom is 0.253 e. The summed E-state index contributed by atoms with van der Waals surface area (Å²) in [5.41, 5.74) is 11.7. The van der Waals surface area contributed by atoms with Gasteiger partial charge in [-0.25, -0.2) is 9.50 Å². The third kappa shape index (κ3) is 4.04. The predicted octanol–water partition coefficient (Wildman–Crippen LogP) is 4.28. The molecule has 1 amide bonds. The normalized spacial score (nSPS) is 15.3. The van der Waals surface area contributed by atoms with Gasteiger partial charge >= 0.3 is 0 Å². The van der Waals surface area contributed by atoms with Gasteiger partial charge in [-0.3, -0.25) is 4.79 Å². The van der Waals surface area contributed by atoms with Crippen molar-refractivity contribution in [2.75, 3.05) is 13.1 Å². The molecule has 2 N–H and O–H groups in total. The molecule has 1 aliphatic heterocycles. The van der Waals surface area contributed by atoms with Gasteiger partial charge in [0.05, 0.1) is 29.2 Å². The molecule has 4 aromatic rings. The average Bonchev–Trinajstić information content (AvgIpc) is 3.32. The number of nitrogens with two attached hydrogens (primary N) is 1. The minimum absolute atomic E-state index is 0.0471. The molecule has 5 rings (SSSR count). The molecule has 0 aliphatic carbocycles. The lowest BCUT2D eigenvalue weighted by Gasteiger charge is -2.38. The number of imidazole rings is 1. The van der Waals surface area contributed by atoms with E-state index in [1.54, 1.807) is 22.8 Å². The van der Waals surface area contributed by atoms with E-state index >= 15 is 0 Å². The maximum absolute atomic E-state index is 13.0. The van der Waals surface area contributed by atoms with Gasteiger partial charge in [0.25, 0.3) is 5.91 Å². The van der Waals surface area contributed by atoms with E-state index in [2.05, 4.69) is 18.0 Å². The summed E-state index contributed by atoms with van der Waals surface area (Å²) in [5, 5.41) is 13.8. The van der Waals surface area contributed by atoms with Crippen LogP contribution >= 0.6 is 0 Å². The molecule has 2 aromatic heterocycles. The first-order valence-corrected chi connectivity index (χ1v) is 11.5. The molecule has 0 saturated carbocycles. The van der Waals surface area contributed by atoms with Crippen molar-refractivity contribution in [3.8, 4) is 28.6 Å². The van der Waals surface area contributed by atoms with Gasteiger partial charge in [0.1, 0.15) is 0 Å². The van der Waals surface area contributed by atoms with Crippen LogP contribution in [-0.4, -0.2) is 44.0 Å². The molecule has 2 aromatic carbocycles. The molecule has 1 aliphatic rings. The number of piperidine rings is 1. The Labute approximate surface area is 198 Å². The molecule has 0 spiro atoms. The number of benzene rings is 2. The second kappa shape index (κ2) is 8.73. The summed E-state index contributed by atoms with van der Waals surface area (Å²) >= 11 is 0. The van der Waals surface area contributed by atoms with E-state index in [0.717, 1.165) is 47.4 Å². The second-order valence-electron chi connectivity index (χ2n) is 8.91. The summed E-state index contributed by atoms with van der Waals surface area (Å²) in [6, 6.07) is 20.9. The average molecular weight is 451 g/mol. The first-order chi connectivity index (χ1) is 16.5. The fraction of sp³-hybridized carbons (Fsp3) is 0.259. The number of nitrogens with zero attached hydrogens (tertiary/aromatic N) is 5. The van der Waals surface area contributed by atoms with Gasteiger partial charge in [-0.05, 0) is 55.7 Å². The number of carbonyl (C=O) groups excluding carboxylic acids is 1. The highest BCUT2D eigenvalue weighted by Gasteiger charge is 2.31. The fourth-order valence-corrected chi connectivity index (χ4v) is 4.41. The predicted molar refractivity (Wildman–Crippen MR) is 131 cm³/mol. The second-order valence-corrected chi connectivity index (χ2v) is 8.91. The molecular formula is C27H26N6O. The van der Waals surface area contributed by atoms with Crippen molar-refractivity contribution >= 4 is 11.6 Å². The smallest absolute Gasteiger partial charge is 0.253 e. The lowest BCUT2D eigenvalue weighted by atomic mass is 9.86. The molecular weight excluding hydrogens is 424 g/mol. The van der Waals surface area contributed by atoms with E-state index in [9.17, 15) is 4.79 Å². The highest BCUT2D eigenvalue weighted by atomic mass is 16.2. The Morgan fingerprint density at radius 1 is 1.03 bits per heavy atom. The third-order valence-corrected chi connectivity index (χ3v) is 6.85. The molecule has 1 saturated heterocycles. The van der Waals surface area contributed by atoms with Crippen LogP contribution in [0, 0.1) is 11.3 Å². The van der Waals surface area contributed by atoms with Crippen LogP contribution in [0.4, 0.5) is 0 Å². The molecule has 1 fully saturated rings. The Kier molecular flexibility index (Phi) is 5.60. The Bertz CT molecular complexity index is 1370. The number of aromatic nitrogens is 3. The van der Waals surface area contributed by atoms with Gasteiger partial charge < -0.3 is 10.6 Å². The van der Waals surface area contributed by atoms with Crippen LogP contribution in [0.25, 0.3) is 28.2 Å². The molecule has 170 valence electrons. The van der Waals surface area contributed by atoms with Gasteiger partial charge in [0.15, 0.2) is 5.65 Å². The van der Waals surface area contributed by atoms with Gasteiger partial charge in [0, 0.05) is 35.3 Å². The van der Waals surface area contributed by atoms with Gasteiger partial charge in [0.2, 0.25) is 0 Å². The van der Waals surface area contributed by atoms with Crippen LogP contribution in [0.5, 0.6) is 0 Å². The number of hydrogen-bond acceptors (Lipinski definition) is 5. The van der Waals surface area contributed by atoms with Crippen LogP contribution in [-0.2, 0) is 0 Å². The van der Waals surface area contributed by atoms with Crippen LogP contribution in [0.3, 0.4) is 0 Å². The molecule has 0 unspecified atom stereocenters. The highest BCUT2D eigenvalue weighted by Crippen LogP contribution is 2.26. The monoisotopic (exact) mass is 450 g/mol. The summed E-state index contributed by atoms with van der Waals surface area (Å²) in [6.07, 6.45) is 4.39. The molecule has 0 atom stereocenters. The van der Waals surface area contributed by atoms with Crippen molar-refractivity contribution in [1.29, 1.82) is 5.26 Å². The van der Waals surface area contributed by atoms with Gasteiger partial charge in [-0.15, -0.1) is 0 Å².